The number of ketones is 1. The van der Waals surface area contributed by atoms with Gasteiger partial charge in [-0.05, 0) is 45.1 Å². The molecule has 2 aliphatic rings. The maximum absolute atomic E-state index is 15.6. The monoisotopic (exact) mass is 473 g/mol. The van der Waals surface area contributed by atoms with Crippen molar-refractivity contribution < 1.29 is 19.0 Å². The van der Waals surface area contributed by atoms with Crippen molar-refractivity contribution in [1.82, 2.24) is 4.57 Å². The lowest BCUT2D eigenvalue weighted by Crippen LogP contribution is -2.42. The largest absolute Gasteiger partial charge is 0.505 e. The number of thiophene rings is 1. The number of anilines is 1. The van der Waals surface area contributed by atoms with E-state index in [1.165, 1.54) is 20.1 Å². The van der Waals surface area contributed by atoms with Crippen molar-refractivity contribution in [3.05, 3.63) is 27.0 Å². The second-order valence-corrected chi connectivity index (χ2v) is 10.8. The number of rotatable bonds is 5. The molecule has 1 aromatic carbocycles. The number of carbonyl (C=O) groups is 1. The van der Waals surface area contributed by atoms with E-state index in [4.69, 9.17) is 10.5 Å². The van der Waals surface area contributed by atoms with E-state index in [0.717, 1.165) is 30.6 Å². The Kier molecular flexibility index (Phi) is 4.99. The average molecular weight is 474 g/mol. The van der Waals surface area contributed by atoms with Crippen LogP contribution < -0.4 is 20.8 Å². The highest BCUT2D eigenvalue weighted by molar-refractivity contribution is 7.21. The molecule has 3 N–H and O–H groups in total. The van der Waals surface area contributed by atoms with Crippen molar-refractivity contribution in [2.24, 2.45) is 11.7 Å². The number of aromatic nitrogens is 1. The minimum absolute atomic E-state index is 0.0740. The Morgan fingerprint density at radius 1 is 1.33 bits per heavy atom. The van der Waals surface area contributed by atoms with E-state index >= 15 is 4.39 Å². The number of hydrogen-bond acceptors (Lipinski definition) is 7. The normalized spacial score (nSPS) is 19.1. The predicted molar refractivity (Wildman–Crippen MR) is 129 cm³/mol. The summed E-state index contributed by atoms with van der Waals surface area (Å²) in [7, 11) is 1.48. The number of pyridine rings is 1. The van der Waals surface area contributed by atoms with Crippen LogP contribution in [0, 0.1) is 11.7 Å². The SMILES string of the molecule is COc1c(N2CCC(C(C)(C)N)C2)c(F)cc2c(=O)c3c(O)c(C(C)=O)sc3n(C3CC3)c12. The molecule has 176 valence electrons. The Bertz CT molecular complexity index is 1370. The first-order valence-corrected chi connectivity index (χ1v) is 12.0. The molecular formula is C24H28FN3O4S. The fraction of sp³-hybridized carbons (Fsp3) is 0.500. The van der Waals surface area contributed by atoms with Crippen LogP contribution in [0.4, 0.5) is 10.1 Å². The van der Waals surface area contributed by atoms with E-state index in [1.807, 2.05) is 23.3 Å². The zero-order chi connectivity index (χ0) is 23.8. The molecule has 0 amide bonds. The van der Waals surface area contributed by atoms with Gasteiger partial charge in [0.25, 0.3) is 0 Å². The van der Waals surface area contributed by atoms with Crippen molar-refractivity contribution in [2.75, 3.05) is 25.1 Å². The summed E-state index contributed by atoms with van der Waals surface area (Å²) < 4.78 is 23.3. The van der Waals surface area contributed by atoms with Crippen LogP contribution in [0.1, 0.15) is 55.7 Å². The molecular weight excluding hydrogens is 445 g/mol. The molecule has 2 aromatic heterocycles. The molecule has 3 aromatic rings. The van der Waals surface area contributed by atoms with Crippen LogP contribution >= 0.6 is 11.3 Å². The zero-order valence-corrected chi connectivity index (χ0v) is 20.0. The molecule has 0 radical (unpaired) electrons. The van der Waals surface area contributed by atoms with E-state index in [0.29, 0.717) is 34.9 Å². The van der Waals surface area contributed by atoms with Crippen molar-refractivity contribution >= 4 is 43.9 Å². The number of halogens is 1. The number of aromatic hydroxyl groups is 1. The van der Waals surface area contributed by atoms with Crippen molar-refractivity contribution in [1.29, 1.82) is 0 Å². The van der Waals surface area contributed by atoms with Gasteiger partial charge in [0.2, 0.25) is 5.43 Å². The summed E-state index contributed by atoms with van der Waals surface area (Å²) in [5.41, 5.74) is 6.28. The van der Waals surface area contributed by atoms with Gasteiger partial charge in [-0.1, -0.05) is 0 Å². The molecule has 1 saturated heterocycles. The lowest BCUT2D eigenvalue weighted by molar-refractivity contribution is 0.101. The number of carbonyl (C=O) groups excluding carboxylic acids is 1. The second kappa shape index (κ2) is 7.43. The molecule has 3 heterocycles. The Labute approximate surface area is 194 Å². The number of ether oxygens (including phenoxy) is 1. The van der Waals surface area contributed by atoms with Gasteiger partial charge in [0.15, 0.2) is 23.1 Å². The predicted octanol–water partition coefficient (Wildman–Crippen LogP) is 4.17. The van der Waals surface area contributed by atoms with Gasteiger partial charge in [-0.3, -0.25) is 9.59 Å². The van der Waals surface area contributed by atoms with Crippen LogP contribution in [0.3, 0.4) is 0 Å². The van der Waals surface area contributed by atoms with Crippen LogP contribution in [0.25, 0.3) is 21.1 Å². The standard InChI is InChI=1S/C24H28FN3O4S/c1-11(29)22-20(31)16-19(30)14-9-15(25)18(27-8-7-12(10-27)24(2,3)26)21(32-4)17(14)28(13-5-6-13)23(16)33-22/h9,12-13,31H,5-8,10,26H2,1-4H3. The molecule has 1 unspecified atom stereocenters. The summed E-state index contributed by atoms with van der Waals surface area (Å²) in [5.74, 6) is -0.679. The Balaban J connectivity index is 1.84. The van der Waals surface area contributed by atoms with Crippen LogP contribution in [0.2, 0.25) is 0 Å². The number of nitrogens with two attached hydrogens (primary N) is 1. The average Bonchev–Trinajstić information content (AvgIpc) is 3.32. The van der Waals surface area contributed by atoms with E-state index in [1.54, 1.807) is 0 Å². The maximum Gasteiger partial charge on any atom is 0.202 e. The molecule has 7 nitrogen and oxygen atoms in total. The highest BCUT2D eigenvalue weighted by Crippen LogP contribution is 2.49. The Hall–Kier alpha value is -2.65. The van der Waals surface area contributed by atoms with E-state index in [2.05, 4.69) is 0 Å². The van der Waals surface area contributed by atoms with Gasteiger partial charge in [0.1, 0.15) is 20.8 Å². The fourth-order valence-corrected chi connectivity index (χ4v) is 6.18. The van der Waals surface area contributed by atoms with Crippen molar-refractivity contribution in [3.63, 3.8) is 0 Å². The lowest BCUT2D eigenvalue weighted by Gasteiger charge is -2.28. The molecule has 33 heavy (non-hydrogen) atoms. The van der Waals surface area contributed by atoms with Crippen molar-refractivity contribution in [2.45, 2.75) is 51.6 Å². The molecule has 0 spiro atoms. The topological polar surface area (TPSA) is 97.8 Å². The van der Waals surface area contributed by atoms with E-state index < -0.39 is 16.8 Å². The molecule has 1 aliphatic heterocycles. The molecule has 5 rings (SSSR count). The summed E-state index contributed by atoms with van der Waals surface area (Å²) in [6.07, 6.45) is 2.62. The number of nitrogens with zero attached hydrogens (tertiary/aromatic N) is 2. The van der Waals surface area contributed by atoms with Crippen LogP contribution in [-0.4, -0.2) is 41.2 Å². The Morgan fingerprint density at radius 2 is 2.03 bits per heavy atom. The third kappa shape index (κ3) is 3.32. The first-order valence-electron chi connectivity index (χ1n) is 11.2. The van der Waals surface area contributed by atoms with Gasteiger partial charge >= 0.3 is 0 Å². The first kappa shape index (κ1) is 22.2. The van der Waals surface area contributed by atoms with Crippen molar-refractivity contribution in [3.8, 4) is 11.5 Å². The van der Waals surface area contributed by atoms with Gasteiger partial charge in [-0.15, -0.1) is 11.3 Å². The number of benzene rings is 1. The number of Topliss-reactive ketones (excluding diaryl/α,β-unsaturated/α-hetero) is 1. The summed E-state index contributed by atoms with van der Waals surface area (Å²) in [4.78, 5) is 28.2. The van der Waals surface area contributed by atoms with Crippen LogP contribution in [0.15, 0.2) is 10.9 Å². The number of hydrogen-bond donors (Lipinski definition) is 2. The van der Waals surface area contributed by atoms with Crippen LogP contribution in [-0.2, 0) is 0 Å². The quantitative estimate of drug-likeness (QED) is 0.540. The van der Waals surface area contributed by atoms with Gasteiger partial charge in [0, 0.05) is 31.6 Å². The smallest absolute Gasteiger partial charge is 0.202 e. The highest BCUT2D eigenvalue weighted by Gasteiger charge is 2.37. The van der Waals surface area contributed by atoms with Gasteiger partial charge in [0.05, 0.1) is 18.0 Å². The van der Waals surface area contributed by atoms with Gasteiger partial charge < -0.3 is 25.0 Å². The molecule has 0 bridgehead atoms. The zero-order valence-electron chi connectivity index (χ0n) is 19.2. The van der Waals surface area contributed by atoms with E-state index in [-0.39, 0.29) is 39.1 Å². The third-order valence-corrected chi connectivity index (χ3v) is 8.25. The maximum atomic E-state index is 15.6. The molecule has 2 fully saturated rings. The minimum Gasteiger partial charge on any atom is -0.505 e. The van der Waals surface area contributed by atoms with E-state index in [9.17, 15) is 14.7 Å². The fourth-order valence-electron chi connectivity index (χ4n) is 5.02. The number of fused-ring (bicyclic) bond motifs is 2. The van der Waals surface area contributed by atoms with Gasteiger partial charge in [-0.2, -0.15) is 0 Å². The molecule has 9 heteroatoms. The third-order valence-electron chi connectivity index (χ3n) is 6.97. The number of methoxy groups -OCH3 is 1. The Morgan fingerprint density at radius 3 is 2.58 bits per heavy atom. The first-order chi connectivity index (χ1) is 15.5. The highest BCUT2D eigenvalue weighted by atomic mass is 32.1. The molecule has 1 aliphatic carbocycles. The van der Waals surface area contributed by atoms with Crippen LogP contribution in [0.5, 0.6) is 11.5 Å². The molecule has 1 atom stereocenters. The minimum atomic E-state index is -0.546. The molecule has 1 saturated carbocycles. The van der Waals surface area contributed by atoms with Gasteiger partial charge in [-0.25, -0.2) is 4.39 Å². The summed E-state index contributed by atoms with van der Waals surface area (Å²) in [6.45, 7) is 6.54. The lowest BCUT2D eigenvalue weighted by atomic mass is 9.88. The summed E-state index contributed by atoms with van der Waals surface area (Å²) >= 11 is 1.11. The summed E-state index contributed by atoms with van der Waals surface area (Å²) in [5, 5.41) is 10.9. The summed E-state index contributed by atoms with van der Waals surface area (Å²) in [6, 6.07) is 1.34. The second-order valence-electron chi connectivity index (χ2n) is 9.84.